The lowest BCUT2D eigenvalue weighted by Crippen LogP contribution is -2.01. The molecule has 0 aliphatic carbocycles. The molecule has 3 rings (SSSR count). The van der Waals surface area contributed by atoms with Crippen LogP contribution >= 0.6 is 0 Å². The van der Waals surface area contributed by atoms with E-state index in [1.807, 2.05) is 36.5 Å². The summed E-state index contributed by atoms with van der Waals surface area (Å²) in [6.45, 7) is 0.713. The third-order valence-electron chi connectivity index (χ3n) is 3.14. The minimum Gasteiger partial charge on any atom is -0.481 e. The summed E-state index contributed by atoms with van der Waals surface area (Å²) < 4.78 is 5.05. The Morgan fingerprint density at radius 3 is 2.80 bits per heavy atom. The normalized spacial score (nSPS) is 10.4. The van der Waals surface area contributed by atoms with Crippen LogP contribution in [0.4, 0.5) is 5.69 Å². The molecule has 3 aromatic rings. The zero-order valence-corrected chi connectivity index (χ0v) is 11.2. The van der Waals surface area contributed by atoms with E-state index in [0.717, 1.165) is 22.2 Å². The highest BCUT2D eigenvalue weighted by atomic mass is 16.5. The van der Waals surface area contributed by atoms with Crippen LogP contribution in [-0.2, 0) is 6.54 Å². The molecule has 20 heavy (non-hydrogen) atoms. The van der Waals surface area contributed by atoms with Crippen molar-refractivity contribution in [2.75, 3.05) is 12.4 Å². The average Bonchev–Trinajstić information content (AvgIpc) is 2.53. The number of pyridine rings is 2. The Hall–Kier alpha value is -2.62. The number of rotatable bonds is 4. The lowest BCUT2D eigenvalue weighted by molar-refractivity contribution is 0.397. The largest absolute Gasteiger partial charge is 0.481 e. The molecule has 2 aromatic heterocycles. The van der Waals surface area contributed by atoms with Crippen LogP contribution in [-0.4, -0.2) is 17.1 Å². The number of nitrogens with zero attached hydrogens (tertiary/aromatic N) is 2. The smallest absolute Gasteiger partial charge is 0.212 e. The van der Waals surface area contributed by atoms with Crippen molar-refractivity contribution in [1.82, 2.24) is 9.97 Å². The lowest BCUT2D eigenvalue weighted by atomic mass is 10.1. The first kappa shape index (κ1) is 12.4. The molecule has 0 aliphatic heterocycles. The van der Waals surface area contributed by atoms with Crippen LogP contribution < -0.4 is 10.1 Å². The van der Waals surface area contributed by atoms with Gasteiger partial charge in [0.1, 0.15) is 0 Å². The molecule has 4 heteroatoms. The summed E-state index contributed by atoms with van der Waals surface area (Å²) in [5.74, 6) is 0.628. The third-order valence-corrected chi connectivity index (χ3v) is 3.14. The van der Waals surface area contributed by atoms with Gasteiger partial charge in [-0.1, -0.05) is 12.1 Å². The number of ether oxygens (including phenoxy) is 1. The van der Waals surface area contributed by atoms with Gasteiger partial charge in [-0.3, -0.25) is 4.98 Å². The summed E-state index contributed by atoms with van der Waals surface area (Å²) in [7, 11) is 1.61. The highest BCUT2D eigenvalue weighted by Gasteiger charge is 2.01. The van der Waals surface area contributed by atoms with Crippen molar-refractivity contribution < 1.29 is 4.74 Å². The molecule has 100 valence electrons. The maximum Gasteiger partial charge on any atom is 0.212 e. The van der Waals surface area contributed by atoms with Crippen molar-refractivity contribution in [2.24, 2.45) is 0 Å². The van der Waals surface area contributed by atoms with Crippen LogP contribution in [0, 0.1) is 0 Å². The van der Waals surface area contributed by atoms with Crippen molar-refractivity contribution in [1.29, 1.82) is 0 Å². The molecule has 2 heterocycles. The van der Waals surface area contributed by atoms with E-state index in [1.165, 1.54) is 0 Å². The Morgan fingerprint density at radius 2 is 2.00 bits per heavy atom. The molecular formula is C16H15N3O. The molecule has 0 saturated carbocycles. The molecule has 0 fully saturated rings. The van der Waals surface area contributed by atoms with Gasteiger partial charge in [0.25, 0.3) is 0 Å². The minimum atomic E-state index is 0.628. The Kier molecular flexibility index (Phi) is 3.46. The quantitative estimate of drug-likeness (QED) is 0.786. The number of hydrogen-bond acceptors (Lipinski definition) is 4. The van der Waals surface area contributed by atoms with E-state index in [-0.39, 0.29) is 0 Å². The minimum absolute atomic E-state index is 0.628. The van der Waals surface area contributed by atoms with E-state index in [1.54, 1.807) is 13.3 Å². The van der Waals surface area contributed by atoms with Gasteiger partial charge in [-0.05, 0) is 29.8 Å². The fourth-order valence-electron chi connectivity index (χ4n) is 2.09. The Morgan fingerprint density at radius 1 is 1.05 bits per heavy atom. The van der Waals surface area contributed by atoms with Crippen LogP contribution in [0.15, 0.2) is 54.9 Å². The van der Waals surface area contributed by atoms with E-state index in [2.05, 4.69) is 27.4 Å². The Bertz CT molecular complexity index is 705. The number of methoxy groups -OCH3 is 1. The first-order valence-electron chi connectivity index (χ1n) is 6.43. The van der Waals surface area contributed by atoms with Crippen LogP contribution in [0.1, 0.15) is 5.56 Å². The molecule has 0 amide bonds. The number of hydrogen-bond donors (Lipinski definition) is 1. The molecular weight excluding hydrogens is 250 g/mol. The number of anilines is 1. The topological polar surface area (TPSA) is 47.0 Å². The SMILES string of the molecule is COc1ccc(CNc2cccc3ncccc23)cn1. The Balaban J connectivity index is 1.79. The average molecular weight is 265 g/mol. The Labute approximate surface area is 117 Å². The number of nitrogens with one attached hydrogen (secondary N) is 1. The summed E-state index contributed by atoms with van der Waals surface area (Å²) in [5, 5.41) is 4.54. The van der Waals surface area contributed by atoms with E-state index in [0.29, 0.717) is 12.4 Å². The van der Waals surface area contributed by atoms with E-state index < -0.39 is 0 Å². The van der Waals surface area contributed by atoms with Crippen molar-refractivity contribution >= 4 is 16.6 Å². The van der Waals surface area contributed by atoms with Gasteiger partial charge >= 0.3 is 0 Å². The second-order valence-electron chi connectivity index (χ2n) is 4.44. The highest BCUT2D eigenvalue weighted by molar-refractivity contribution is 5.91. The van der Waals surface area contributed by atoms with Gasteiger partial charge in [-0.2, -0.15) is 0 Å². The standard InChI is InChI=1S/C16H15N3O/c1-20-16-8-7-12(11-19-16)10-18-15-6-2-5-14-13(15)4-3-9-17-14/h2-9,11,18H,10H2,1H3. The van der Waals surface area contributed by atoms with E-state index >= 15 is 0 Å². The fraction of sp³-hybridized carbons (Fsp3) is 0.125. The number of aromatic nitrogens is 2. The second-order valence-corrected chi connectivity index (χ2v) is 4.44. The van der Waals surface area contributed by atoms with Crippen LogP contribution in [0.3, 0.4) is 0 Å². The van der Waals surface area contributed by atoms with Crippen molar-refractivity contribution in [3.8, 4) is 5.88 Å². The molecule has 0 bridgehead atoms. The maximum atomic E-state index is 5.05. The maximum absolute atomic E-state index is 5.05. The van der Waals surface area contributed by atoms with Gasteiger partial charge in [-0.25, -0.2) is 4.98 Å². The molecule has 0 radical (unpaired) electrons. The molecule has 0 spiro atoms. The van der Waals surface area contributed by atoms with Gasteiger partial charge < -0.3 is 10.1 Å². The molecule has 1 aromatic carbocycles. The predicted molar refractivity (Wildman–Crippen MR) is 79.9 cm³/mol. The highest BCUT2D eigenvalue weighted by Crippen LogP contribution is 2.21. The van der Waals surface area contributed by atoms with Crippen LogP contribution in [0.2, 0.25) is 0 Å². The van der Waals surface area contributed by atoms with Gasteiger partial charge in [0, 0.05) is 36.1 Å². The van der Waals surface area contributed by atoms with Gasteiger partial charge in [0.15, 0.2) is 0 Å². The molecule has 0 aliphatic rings. The number of fused-ring (bicyclic) bond motifs is 1. The predicted octanol–water partition coefficient (Wildman–Crippen LogP) is 3.25. The number of benzene rings is 1. The lowest BCUT2D eigenvalue weighted by Gasteiger charge is -2.09. The second kappa shape index (κ2) is 5.57. The van der Waals surface area contributed by atoms with Crippen molar-refractivity contribution in [2.45, 2.75) is 6.54 Å². The van der Waals surface area contributed by atoms with Crippen molar-refractivity contribution in [3.63, 3.8) is 0 Å². The van der Waals surface area contributed by atoms with Gasteiger partial charge in [0.2, 0.25) is 5.88 Å². The molecule has 0 atom stereocenters. The van der Waals surface area contributed by atoms with Crippen LogP contribution in [0.25, 0.3) is 10.9 Å². The van der Waals surface area contributed by atoms with Crippen LogP contribution in [0.5, 0.6) is 5.88 Å². The summed E-state index contributed by atoms with van der Waals surface area (Å²) in [5.41, 5.74) is 3.17. The fourth-order valence-corrected chi connectivity index (χ4v) is 2.09. The summed E-state index contributed by atoms with van der Waals surface area (Å²) >= 11 is 0. The van der Waals surface area contributed by atoms with Gasteiger partial charge in [0.05, 0.1) is 12.6 Å². The van der Waals surface area contributed by atoms with Gasteiger partial charge in [-0.15, -0.1) is 0 Å². The molecule has 0 unspecified atom stereocenters. The summed E-state index contributed by atoms with van der Waals surface area (Å²) in [4.78, 5) is 8.55. The summed E-state index contributed by atoms with van der Waals surface area (Å²) in [6, 6.07) is 13.9. The molecule has 4 nitrogen and oxygen atoms in total. The van der Waals surface area contributed by atoms with E-state index in [9.17, 15) is 0 Å². The van der Waals surface area contributed by atoms with Crippen molar-refractivity contribution in [3.05, 3.63) is 60.4 Å². The monoisotopic (exact) mass is 265 g/mol. The zero-order chi connectivity index (χ0) is 13.8. The van der Waals surface area contributed by atoms with E-state index in [4.69, 9.17) is 4.74 Å². The molecule has 1 N–H and O–H groups in total. The summed E-state index contributed by atoms with van der Waals surface area (Å²) in [6.07, 6.45) is 3.62. The first-order valence-corrected chi connectivity index (χ1v) is 6.43. The third kappa shape index (κ3) is 2.54. The zero-order valence-electron chi connectivity index (χ0n) is 11.2. The first-order chi connectivity index (χ1) is 9.86. The molecule has 0 saturated heterocycles.